The van der Waals surface area contributed by atoms with Gasteiger partial charge in [-0.2, -0.15) is 0 Å². The van der Waals surface area contributed by atoms with E-state index in [1.54, 1.807) is 11.8 Å². The number of halogens is 1. The van der Waals surface area contributed by atoms with Crippen molar-refractivity contribution in [3.63, 3.8) is 0 Å². The molecular weight excluding hydrogens is 336 g/mol. The minimum atomic E-state index is -0.0635. The maximum absolute atomic E-state index is 10.9. The minimum absolute atomic E-state index is 0.0635. The van der Waals surface area contributed by atoms with Crippen LogP contribution in [0, 0.1) is 0 Å². The summed E-state index contributed by atoms with van der Waals surface area (Å²) in [5.74, 6) is 0.735. The predicted molar refractivity (Wildman–Crippen MR) is 88.9 cm³/mol. The number of carbonyl (C=O) groups is 1. The molecule has 0 atom stereocenters. The van der Waals surface area contributed by atoms with E-state index < -0.39 is 0 Å². The highest BCUT2D eigenvalue weighted by molar-refractivity contribution is 9.10. The lowest BCUT2D eigenvalue weighted by Crippen LogP contribution is -2.05. The Morgan fingerprint density at radius 3 is 2.55 bits per heavy atom. The van der Waals surface area contributed by atoms with Gasteiger partial charge in [-0.05, 0) is 42.0 Å². The monoisotopic (exact) mass is 350 g/mol. The van der Waals surface area contributed by atoms with E-state index in [9.17, 15) is 4.79 Å². The molecule has 104 valence electrons. The average molecular weight is 351 g/mol. The first-order valence-electron chi connectivity index (χ1n) is 6.09. The lowest BCUT2D eigenvalue weighted by molar-refractivity contribution is -0.114. The number of carbonyl (C=O) groups excluding carboxylic acids is 1. The third-order valence-electron chi connectivity index (χ3n) is 2.71. The Labute approximate surface area is 131 Å². The Balaban J connectivity index is 2.02. The number of amides is 1. The van der Waals surface area contributed by atoms with Crippen LogP contribution in [0.4, 0.5) is 11.4 Å². The molecule has 20 heavy (non-hydrogen) atoms. The van der Waals surface area contributed by atoms with Crippen LogP contribution in [0.5, 0.6) is 0 Å². The smallest absolute Gasteiger partial charge is 0.221 e. The second-order valence-electron chi connectivity index (χ2n) is 4.30. The molecule has 1 amide bonds. The van der Waals surface area contributed by atoms with Gasteiger partial charge in [0, 0.05) is 33.4 Å². The van der Waals surface area contributed by atoms with Crippen molar-refractivity contribution in [3.8, 4) is 0 Å². The van der Waals surface area contributed by atoms with Crippen molar-refractivity contribution < 1.29 is 4.79 Å². The zero-order chi connectivity index (χ0) is 14.5. The van der Waals surface area contributed by atoms with Crippen molar-refractivity contribution in [2.24, 2.45) is 0 Å². The molecule has 0 aliphatic carbocycles. The van der Waals surface area contributed by atoms with E-state index in [2.05, 4.69) is 21.2 Å². The summed E-state index contributed by atoms with van der Waals surface area (Å²) in [6, 6.07) is 13.6. The summed E-state index contributed by atoms with van der Waals surface area (Å²) in [5.41, 5.74) is 8.67. The van der Waals surface area contributed by atoms with E-state index in [1.165, 1.54) is 6.92 Å². The van der Waals surface area contributed by atoms with E-state index in [0.29, 0.717) is 0 Å². The molecule has 5 heteroatoms. The summed E-state index contributed by atoms with van der Waals surface area (Å²) >= 11 is 5.23. The van der Waals surface area contributed by atoms with Crippen LogP contribution in [-0.2, 0) is 10.5 Å². The average Bonchev–Trinajstić information content (AvgIpc) is 2.39. The molecular formula is C15H15BrN2OS. The number of benzene rings is 2. The fraction of sp³-hybridized carbons (Fsp3) is 0.133. The molecule has 3 nitrogen and oxygen atoms in total. The van der Waals surface area contributed by atoms with Crippen LogP contribution in [0.15, 0.2) is 51.8 Å². The second-order valence-corrected chi connectivity index (χ2v) is 6.20. The Bertz CT molecular complexity index is 594. The van der Waals surface area contributed by atoms with Crippen LogP contribution in [0.1, 0.15) is 12.5 Å². The van der Waals surface area contributed by atoms with Crippen molar-refractivity contribution in [2.75, 3.05) is 11.1 Å². The normalized spacial score (nSPS) is 10.3. The predicted octanol–water partition coefficient (Wildman–Crippen LogP) is 4.28. The highest BCUT2D eigenvalue weighted by Crippen LogP contribution is 2.30. The van der Waals surface area contributed by atoms with Crippen molar-refractivity contribution in [1.29, 1.82) is 0 Å². The van der Waals surface area contributed by atoms with Gasteiger partial charge in [0.25, 0.3) is 0 Å². The van der Waals surface area contributed by atoms with Gasteiger partial charge in [0.2, 0.25) is 5.91 Å². The number of hydrogen-bond donors (Lipinski definition) is 2. The van der Waals surface area contributed by atoms with Gasteiger partial charge in [0.15, 0.2) is 0 Å². The highest BCUT2D eigenvalue weighted by Gasteiger charge is 2.05. The molecule has 0 radical (unpaired) electrons. The van der Waals surface area contributed by atoms with Gasteiger partial charge >= 0.3 is 0 Å². The minimum Gasteiger partial charge on any atom is -0.398 e. The van der Waals surface area contributed by atoms with E-state index in [0.717, 1.165) is 32.1 Å². The summed E-state index contributed by atoms with van der Waals surface area (Å²) in [6.45, 7) is 1.50. The summed E-state index contributed by atoms with van der Waals surface area (Å²) in [6.07, 6.45) is 0. The zero-order valence-electron chi connectivity index (χ0n) is 11.0. The molecule has 0 saturated carbocycles. The molecule has 0 aromatic heterocycles. The Morgan fingerprint density at radius 2 is 1.95 bits per heavy atom. The number of thioether (sulfide) groups is 1. The molecule has 0 saturated heterocycles. The number of nitrogens with one attached hydrogen (secondary N) is 1. The maximum atomic E-state index is 10.9. The standard InChI is InChI=1S/C15H15BrN2OS/c1-10(19)18-11-5-7-12(8-6-11)20-9-13-14(16)3-2-4-15(13)17/h2-8H,9,17H2,1H3,(H,18,19). The van der Waals surface area contributed by atoms with Crippen LogP contribution in [-0.4, -0.2) is 5.91 Å². The number of anilines is 2. The third kappa shape index (κ3) is 4.02. The van der Waals surface area contributed by atoms with Gasteiger partial charge in [-0.15, -0.1) is 11.8 Å². The molecule has 0 aliphatic rings. The highest BCUT2D eigenvalue weighted by atomic mass is 79.9. The molecule has 0 bridgehead atoms. The van der Waals surface area contributed by atoms with Crippen molar-refractivity contribution in [2.45, 2.75) is 17.6 Å². The number of nitrogens with two attached hydrogens (primary N) is 1. The van der Waals surface area contributed by atoms with Gasteiger partial charge < -0.3 is 11.1 Å². The Kier molecular flexibility index (Phi) is 5.09. The SMILES string of the molecule is CC(=O)Nc1ccc(SCc2c(N)cccc2Br)cc1. The Hall–Kier alpha value is -1.46. The van der Waals surface area contributed by atoms with Gasteiger partial charge in [-0.25, -0.2) is 0 Å². The van der Waals surface area contributed by atoms with Crippen molar-refractivity contribution >= 4 is 45.0 Å². The van der Waals surface area contributed by atoms with Crippen LogP contribution < -0.4 is 11.1 Å². The fourth-order valence-electron chi connectivity index (χ4n) is 1.72. The van der Waals surface area contributed by atoms with E-state index in [1.807, 2.05) is 42.5 Å². The molecule has 2 rings (SSSR count). The van der Waals surface area contributed by atoms with E-state index in [4.69, 9.17) is 5.73 Å². The first kappa shape index (κ1) is 14.9. The van der Waals surface area contributed by atoms with Crippen LogP contribution in [0.25, 0.3) is 0 Å². The fourth-order valence-corrected chi connectivity index (χ4v) is 3.39. The van der Waals surface area contributed by atoms with Crippen LogP contribution >= 0.6 is 27.7 Å². The topological polar surface area (TPSA) is 55.1 Å². The third-order valence-corrected chi connectivity index (χ3v) is 4.49. The molecule has 2 aromatic carbocycles. The van der Waals surface area contributed by atoms with Crippen molar-refractivity contribution in [3.05, 3.63) is 52.5 Å². The van der Waals surface area contributed by atoms with Gasteiger partial charge in [0.1, 0.15) is 0 Å². The van der Waals surface area contributed by atoms with Crippen LogP contribution in [0.3, 0.4) is 0 Å². The molecule has 3 N–H and O–H groups in total. The first-order chi connectivity index (χ1) is 9.56. The Morgan fingerprint density at radius 1 is 1.25 bits per heavy atom. The molecule has 0 aliphatic heterocycles. The van der Waals surface area contributed by atoms with Gasteiger partial charge in [-0.1, -0.05) is 22.0 Å². The van der Waals surface area contributed by atoms with Crippen molar-refractivity contribution in [1.82, 2.24) is 0 Å². The second kappa shape index (κ2) is 6.81. The summed E-state index contributed by atoms with van der Waals surface area (Å²) in [4.78, 5) is 12.1. The summed E-state index contributed by atoms with van der Waals surface area (Å²) < 4.78 is 1.03. The van der Waals surface area contributed by atoms with E-state index >= 15 is 0 Å². The largest absolute Gasteiger partial charge is 0.398 e. The lowest BCUT2D eigenvalue weighted by atomic mass is 10.2. The molecule has 0 spiro atoms. The number of hydrogen-bond acceptors (Lipinski definition) is 3. The summed E-state index contributed by atoms with van der Waals surface area (Å²) in [5, 5.41) is 2.75. The quantitative estimate of drug-likeness (QED) is 0.639. The molecule has 2 aromatic rings. The summed E-state index contributed by atoms with van der Waals surface area (Å²) in [7, 11) is 0. The first-order valence-corrected chi connectivity index (χ1v) is 7.87. The van der Waals surface area contributed by atoms with Gasteiger partial charge in [0.05, 0.1) is 0 Å². The van der Waals surface area contributed by atoms with Crippen LogP contribution in [0.2, 0.25) is 0 Å². The molecule has 0 unspecified atom stereocenters. The maximum Gasteiger partial charge on any atom is 0.221 e. The number of nitrogen functional groups attached to an aromatic ring is 1. The molecule has 0 heterocycles. The van der Waals surface area contributed by atoms with E-state index in [-0.39, 0.29) is 5.91 Å². The number of rotatable bonds is 4. The molecule has 0 fully saturated rings. The lowest BCUT2D eigenvalue weighted by Gasteiger charge is -2.08. The van der Waals surface area contributed by atoms with Gasteiger partial charge in [-0.3, -0.25) is 4.79 Å². The zero-order valence-corrected chi connectivity index (χ0v) is 13.4.